The van der Waals surface area contributed by atoms with Gasteiger partial charge in [0.2, 0.25) is 0 Å². The third-order valence-corrected chi connectivity index (χ3v) is 8.10. The normalized spacial score (nSPS) is 11.3. The molecule has 0 unspecified atom stereocenters. The minimum absolute atomic E-state index is 0.449. The van der Waals surface area contributed by atoms with Crippen molar-refractivity contribution in [3.63, 3.8) is 0 Å². The van der Waals surface area contributed by atoms with Crippen LogP contribution in [0.2, 0.25) is 0 Å². The van der Waals surface area contributed by atoms with Crippen molar-refractivity contribution in [3.05, 3.63) is 70.4 Å². The number of ether oxygens (including phenoxy) is 4. The highest BCUT2D eigenvalue weighted by atomic mass is 32.1. The van der Waals surface area contributed by atoms with Crippen LogP contribution >= 0.6 is 34.0 Å². The standard InChI is InChI=1S/C26H26O4S3/c1-27-11-12-29-13-14-30-22-17-19(8-10-21(22)28-2)7-9-20-18-25(23-5-3-15-31-23)33-26(20)24-6-4-16-32-24/h3-10,15-18H,11-14H2,1-2H3/b9-7+. The molecule has 3 aromatic heterocycles. The van der Waals surface area contributed by atoms with Gasteiger partial charge in [-0.15, -0.1) is 34.0 Å². The smallest absolute Gasteiger partial charge is 0.161 e. The Morgan fingerprint density at radius 3 is 2.27 bits per heavy atom. The highest BCUT2D eigenvalue weighted by Gasteiger charge is 2.12. The van der Waals surface area contributed by atoms with Crippen LogP contribution in [0.4, 0.5) is 0 Å². The van der Waals surface area contributed by atoms with Crippen LogP contribution in [0.3, 0.4) is 0 Å². The van der Waals surface area contributed by atoms with E-state index in [9.17, 15) is 0 Å². The summed E-state index contributed by atoms with van der Waals surface area (Å²) in [6, 6.07) is 16.8. The maximum absolute atomic E-state index is 5.92. The highest BCUT2D eigenvalue weighted by molar-refractivity contribution is 7.26. The maximum atomic E-state index is 5.92. The van der Waals surface area contributed by atoms with Crippen LogP contribution in [0.15, 0.2) is 59.3 Å². The molecule has 0 N–H and O–H groups in total. The molecule has 0 fully saturated rings. The van der Waals surface area contributed by atoms with Gasteiger partial charge in [0.15, 0.2) is 11.5 Å². The molecule has 4 aromatic rings. The Morgan fingerprint density at radius 1 is 0.758 bits per heavy atom. The zero-order valence-corrected chi connectivity index (χ0v) is 21.1. The summed E-state index contributed by atoms with van der Waals surface area (Å²) in [6.45, 7) is 2.08. The molecule has 4 nitrogen and oxygen atoms in total. The third kappa shape index (κ3) is 6.34. The second-order valence-corrected chi connectivity index (χ2v) is 9.99. The second-order valence-electron chi connectivity index (χ2n) is 7.05. The molecule has 33 heavy (non-hydrogen) atoms. The van der Waals surface area contributed by atoms with E-state index < -0.39 is 0 Å². The maximum Gasteiger partial charge on any atom is 0.161 e. The first-order chi connectivity index (χ1) is 16.3. The van der Waals surface area contributed by atoms with Crippen LogP contribution in [0.25, 0.3) is 31.7 Å². The van der Waals surface area contributed by atoms with Gasteiger partial charge in [-0.05, 0) is 52.2 Å². The number of hydrogen-bond acceptors (Lipinski definition) is 7. The summed E-state index contributed by atoms with van der Waals surface area (Å²) in [5.74, 6) is 1.41. The summed E-state index contributed by atoms with van der Waals surface area (Å²) in [7, 11) is 3.31. The molecule has 1 aromatic carbocycles. The average molecular weight is 499 g/mol. The van der Waals surface area contributed by atoms with Crippen LogP contribution in [0, 0.1) is 0 Å². The van der Waals surface area contributed by atoms with Gasteiger partial charge < -0.3 is 18.9 Å². The molecule has 4 rings (SSSR count). The zero-order chi connectivity index (χ0) is 22.9. The predicted octanol–water partition coefficient (Wildman–Crippen LogP) is 7.43. The van der Waals surface area contributed by atoms with E-state index in [2.05, 4.69) is 53.2 Å². The Kier molecular flexibility index (Phi) is 8.74. The Bertz CT molecular complexity index is 1140. The molecule has 0 radical (unpaired) electrons. The first-order valence-corrected chi connectivity index (χ1v) is 13.1. The molecule has 172 valence electrons. The lowest BCUT2D eigenvalue weighted by Crippen LogP contribution is -2.10. The fourth-order valence-electron chi connectivity index (χ4n) is 3.22. The lowest BCUT2D eigenvalue weighted by molar-refractivity contribution is 0.0540. The summed E-state index contributed by atoms with van der Waals surface area (Å²) in [6.07, 6.45) is 4.31. The van der Waals surface area contributed by atoms with Gasteiger partial charge in [-0.1, -0.05) is 30.4 Å². The van der Waals surface area contributed by atoms with E-state index in [0.29, 0.717) is 37.9 Å². The molecule has 0 bridgehead atoms. The van der Waals surface area contributed by atoms with Crippen LogP contribution in [0.5, 0.6) is 11.5 Å². The summed E-state index contributed by atoms with van der Waals surface area (Å²) in [5.41, 5.74) is 2.27. The van der Waals surface area contributed by atoms with Crippen molar-refractivity contribution < 1.29 is 18.9 Å². The fourth-order valence-corrected chi connectivity index (χ4v) is 6.07. The Balaban J connectivity index is 1.52. The molecule has 0 saturated carbocycles. The fraction of sp³-hybridized carbons (Fsp3) is 0.231. The van der Waals surface area contributed by atoms with E-state index in [1.54, 1.807) is 36.9 Å². The predicted molar refractivity (Wildman–Crippen MR) is 141 cm³/mol. The number of rotatable bonds is 12. The number of hydrogen-bond donors (Lipinski definition) is 0. The molecular weight excluding hydrogens is 472 g/mol. The topological polar surface area (TPSA) is 36.9 Å². The van der Waals surface area contributed by atoms with E-state index >= 15 is 0 Å². The molecule has 0 spiro atoms. The minimum atomic E-state index is 0.449. The van der Waals surface area contributed by atoms with Crippen molar-refractivity contribution in [2.75, 3.05) is 40.6 Å². The quantitative estimate of drug-likeness (QED) is 0.190. The average Bonchev–Trinajstić information content (AvgIpc) is 3.61. The second kappa shape index (κ2) is 12.2. The molecule has 7 heteroatoms. The van der Waals surface area contributed by atoms with Gasteiger partial charge in [0.25, 0.3) is 0 Å². The monoisotopic (exact) mass is 498 g/mol. The van der Waals surface area contributed by atoms with Crippen molar-refractivity contribution in [3.8, 4) is 31.0 Å². The van der Waals surface area contributed by atoms with Gasteiger partial charge in [-0.25, -0.2) is 0 Å². The third-order valence-electron chi connectivity index (χ3n) is 4.83. The van der Waals surface area contributed by atoms with E-state index in [0.717, 1.165) is 5.56 Å². The van der Waals surface area contributed by atoms with E-state index in [4.69, 9.17) is 18.9 Å². The number of benzene rings is 1. The lowest BCUT2D eigenvalue weighted by atomic mass is 10.1. The first-order valence-electron chi connectivity index (χ1n) is 10.6. The SMILES string of the molecule is COCCOCCOc1cc(/C=C/c2cc(-c3cccs3)sc2-c2cccs2)ccc1OC. The summed E-state index contributed by atoms with van der Waals surface area (Å²) >= 11 is 5.38. The Labute approximate surface area is 206 Å². The highest BCUT2D eigenvalue weighted by Crippen LogP contribution is 2.42. The summed E-state index contributed by atoms with van der Waals surface area (Å²) in [4.78, 5) is 5.17. The van der Waals surface area contributed by atoms with E-state index in [1.165, 1.54) is 25.1 Å². The number of methoxy groups -OCH3 is 2. The van der Waals surface area contributed by atoms with Gasteiger partial charge in [-0.2, -0.15) is 0 Å². The molecule has 0 saturated heterocycles. The molecule has 0 atom stereocenters. The molecule has 0 aliphatic heterocycles. The minimum Gasteiger partial charge on any atom is -0.493 e. The molecule has 0 aliphatic rings. The largest absolute Gasteiger partial charge is 0.493 e. The molecule has 3 heterocycles. The van der Waals surface area contributed by atoms with E-state index in [1.807, 2.05) is 29.5 Å². The zero-order valence-electron chi connectivity index (χ0n) is 18.6. The molecular formula is C26H26O4S3. The van der Waals surface area contributed by atoms with Crippen molar-refractivity contribution in [1.29, 1.82) is 0 Å². The van der Waals surface area contributed by atoms with Gasteiger partial charge in [0.05, 0.1) is 31.8 Å². The first kappa shape index (κ1) is 23.7. The van der Waals surface area contributed by atoms with Gasteiger partial charge in [0.1, 0.15) is 6.61 Å². The lowest BCUT2D eigenvalue weighted by Gasteiger charge is -2.11. The van der Waals surface area contributed by atoms with Crippen molar-refractivity contribution in [2.45, 2.75) is 0 Å². The van der Waals surface area contributed by atoms with E-state index in [-0.39, 0.29) is 0 Å². The van der Waals surface area contributed by atoms with Gasteiger partial charge in [0, 0.05) is 21.7 Å². The Morgan fingerprint density at radius 2 is 1.55 bits per heavy atom. The van der Waals surface area contributed by atoms with Crippen LogP contribution in [0.1, 0.15) is 11.1 Å². The van der Waals surface area contributed by atoms with Crippen LogP contribution in [-0.2, 0) is 9.47 Å². The van der Waals surface area contributed by atoms with Crippen molar-refractivity contribution in [1.82, 2.24) is 0 Å². The van der Waals surface area contributed by atoms with Crippen LogP contribution in [-0.4, -0.2) is 40.6 Å². The van der Waals surface area contributed by atoms with Crippen molar-refractivity contribution in [2.24, 2.45) is 0 Å². The van der Waals surface area contributed by atoms with Crippen molar-refractivity contribution >= 4 is 46.2 Å². The molecule has 0 aliphatic carbocycles. The van der Waals surface area contributed by atoms with Crippen LogP contribution < -0.4 is 9.47 Å². The summed E-state index contributed by atoms with van der Waals surface area (Å²) in [5, 5.41) is 4.25. The van der Waals surface area contributed by atoms with Gasteiger partial charge in [-0.3, -0.25) is 0 Å². The Hall–Kier alpha value is -2.42. The summed E-state index contributed by atoms with van der Waals surface area (Å²) < 4.78 is 21.9. The number of thiophene rings is 3. The van der Waals surface area contributed by atoms with Gasteiger partial charge >= 0.3 is 0 Å². The molecule has 0 amide bonds.